The van der Waals surface area contributed by atoms with Gasteiger partial charge in [0.1, 0.15) is 17.1 Å². The lowest BCUT2D eigenvalue weighted by molar-refractivity contribution is -0.146. The number of nitrogens with zero attached hydrogens (tertiary/aromatic N) is 2. The smallest absolute Gasteiger partial charge is 0.323 e. The SMILES string of the molecule is COC(=O)C1CC(O)CN1CC(=O)Nc1sccc1C#N. The van der Waals surface area contributed by atoms with Gasteiger partial charge < -0.3 is 15.2 Å². The Kier molecular flexibility index (Phi) is 4.90. The van der Waals surface area contributed by atoms with Crippen LogP contribution in [0.3, 0.4) is 0 Å². The van der Waals surface area contributed by atoms with Crippen molar-refractivity contribution in [3.8, 4) is 6.07 Å². The third kappa shape index (κ3) is 3.58. The second-order valence-electron chi connectivity index (χ2n) is 4.68. The first-order chi connectivity index (χ1) is 10.0. The lowest BCUT2D eigenvalue weighted by atomic mass is 10.2. The van der Waals surface area contributed by atoms with Crippen LogP contribution in [0.5, 0.6) is 0 Å². The average molecular weight is 309 g/mol. The van der Waals surface area contributed by atoms with Crippen LogP contribution in [0.25, 0.3) is 0 Å². The molecule has 2 atom stereocenters. The van der Waals surface area contributed by atoms with Gasteiger partial charge in [-0.15, -0.1) is 11.3 Å². The molecule has 7 nitrogen and oxygen atoms in total. The zero-order chi connectivity index (χ0) is 15.4. The summed E-state index contributed by atoms with van der Waals surface area (Å²) >= 11 is 1.26. The van der Waals surface area contributed by atoms with Gasteiger partial charge in [-0.1, -0.05) is 0 Å². The van der Waals surface area contributed by atoms with Crippen molar-refractivity contribution >= 4 is 28.2 Å². The van der Waals surface area contributed by atoms with Crippen molar-refractivity contribution in [2.75, 3.05) is 25.5 Å². The van der Waals surface area contributed by atoms with E-state index in [2.05, 4.69) is 10.1 Å². The molecule has 0 aliphatic carbocycles. The molecule has 2 unspecified atom stereocenters. The molecule has 1 aliphatic heterocycles. The van der Waals surface area contributed by atoms with Crippen LogP contribution in [0.15, 0.2) is 11.4 Å². The van der Waals surface area contributed by atoms with Crippen LogP contribution in [-0.2, 0) is 14.3 Å². The first-order valence-electron chi connectivity index (χ1n) is 6.32. The van der Waals surface area contributed by atoms with Crippen LogP contribution in [0.1, 0.15) is 12.0 Å². The van der Waals surface area contributed by atoms with Crippen molar-refractivity contribution in [1.29, 1.82) is 5.26 Å². The normalized spacial score (nSPS) is 21.8. The molecule has 0 aromatic carbocycles. The zero-order valence-corrected chi connectivity index (χ0v) is 12.2. The molecule has 1 aromatic rings. The second kappa shape index (κ2) is 6.67. The van der Waals surface area contributed by atoms with Crippen molar-refractivity contribution in [1.82, 2.24) is 4.90 Å². The number of nitriles is 1. The molecule has 2 heterocycles. The predicted octanol–water partition coefficient (Wildman–Crippen LogP) is 0.166. The van der Waals surface area contributed by atoms with E-state index in [0.29, 0.717) is 10.6 Å². The molecule has 1 amide bonds. The number of aliphatic hydroxyl groups excluding tert-OH is 1. The van der Waals surface area contributed by atoms with Crippen molar-refractivity contribution in [2.24, 2.45) is 0 Å². The minimum atomic E-state index is -0.654. The number of β-amino-alcohol motifs (C(OH)–C–C–N with tert-alkyl or cyclic N) is 1. The standard InChI is InChI=1S/C13H15N3O4S/c1-20-13(19)10-4-9(17)6-16(10)7-11(18)15-12-8(5-14)2-3-21-12/h2-3,9-10,17H,4,6-7H2,1H3,(H,15,18). The van der Waals surface area contributed by atoms with Crippen LogP contribution in [0.2, 0.25) is 0 Å². The topological polar surface area (TPSA) is 103 Å². The molecular weight excluding hydrogens is 294 g/mol. The lowest BCUT2D eigenvalue weighted by Gasteiger charge is -2.21. The highest BCUT2D eigenvalue weighted by atomic mass is 32.1. The van der Waals surface area contributed by atoms with E-state index in [1.54, 1.807) is 16.3 Å². The van der Waals surface area contributed by atoms with Gasteiger partial charge in [0.25, 0.3) is 0 Å². The Morgan fingerprint density at radius 3 is 3.10 bits per heavy atom. The first-order valence-corrected chi connectivity index (χ1v) is 7.20. The first kappa shape index (κ1) is 15.4. The number of thiophene rings is 1. The van der Waals surface area contributed by atoms with Crippen LogP contribution in [0.4, 0.5) is 5.00 Å². The average Bonchev–Trinajstić information content (AvgIpc) is 3.04. The van der Waals surface area contributed by atoms with Gasteiger partial charge in [0, 0.05) is 13.0 Å². The van der Waals surface area contributed by atoms with Crippen LogP contribution in [0, 0.1) is 11.3 Å². The summed E-state index contributed by atoms with van der Waals surface area (Å²) in [6, 6.07) is 2.99. The molecule has 0 spiro atoms. The quantitative estimate of drug-likeness (QED) is 0.768. The van der Waals surface area contributed by atoms with Gasteiger partial charge >= 0.3 is 5.97 Å². The fourth-order valence-electron chi connectivity index (χ4n) is 2.28. The number of aliphatic hydroxyl groups is 1. The lowest BCUT2D eigenvalue weighted by Crippen LogP contribution is -2.41. The minimum absolute atomic E-state index is 0.0421. The number of rotatable bonds is 4. The summed E-state index contributed by atoms with van der Waals surface area (Å²) in [5.41, 5.74) is 0.402. The fourth-order valence-corrected chi connectivity index (χ4v) is 3.03. The van der Waals surface area contributed by atoms with Gasteiger partial charge in [-0.3, -0.25) is 14.5 Å². The van der Waals surface area contributed by atoms with E-state index in [1.807, 2.05) is 6.07 Å². The van der Waals surface area contributed by atoms with Gasteiger partial charge in [0.05, 0.1) is 25.3 Å². The highest BCUT2D eigenvalue weighted by Gasteiger charge is 2.37. The fraction of sp³-hybridized carbons (Fsp3) is 0.462. The molecule has 2 N–H and O–H groups in total. The number of methoxy groups -OCH3 is 1. The highest BCUT2D eigenvalue weighted by Crippen LogP contribution is 2.23. The molecule has 21 heavy (non-hydrogen) atoms. The number of carbonyl (C=O) groups is 2. The molecule has 112 valence electrons. The van der Waals surface area contributed by atoms with E-state index in [0.717, 1.165) is 0 Å². The Balaban J connectivity index is 1.98. The number of nitrogens with one attached hydrogen (secondary N) is 1. The maximum absolute atomic E-state index is 12.0. The number of hydrogen-bond acceptors (Lipinski definition) is 7. The Morgan fingerprint density at radius 1 is 1.67 bits per heavy atom. The summed E-state index contributed by atoms with van der Waals surface area (Å²) in [6.07, 6.45) is -0.402. The van der Waals surface area contributed by atoms with Gasteiger partial charge in [0.15, 0.2) is 0 Å². The number of esters is 1. The maximum atomic E-state index is 12.0. The van der Waals surface area contributed by atoms with Crippen molar-refractivity contribution < 1.29 is 19.4 Å². The predicted molar refractivity (Wildman–Crippen MR) is 75.7 cm³/mol. The molecule has 1 aliphatic rings. The van der Waals surface area contributed by atoms with E-state index >= 15 is 0 Å². The van der Waals surface area contributed by atoms with E-state index < -0.39 is 18.1 Å². The van der Waals surface area contributed by atoms with Crippen LogP contribution >= 0.6 is 11.3 Å². The Hall–Kier alpha value is -1.95. The van der Waals surface area contributed by atoms with Gasteiger partial charge in [0.2, 0.25) is 5.91 Å². The number of anilines is 1. The summed E-state index contributed by atoms with van der Waals surface area (Å²) in [7, 11) is 1.27. The molecule has 0 radical (unpaired) electrons. The molecular formula is C13H15N3O4S. The van der Waals surface area contributed by atoms with Gasteiger partial charge in [-0.05, 0) is 11.4 Å². The number of amides is 1. The molecule has 8 heteroatoms. The third-order valence-corrected chi connectivity index (χ3v) is 4.07. The Bertz CT molecular complexity index is 580. The summed E-state index contributed by atoms with van der Waals surface area (Å²) in [5, 5.41) is 23.4. The largest absolute Gasteiger partial charge is 0.468 e. The van der Waals surface area contributed by atoms with Crippen LogP contribution < -0.4 is 5.32 Å². The monoisotopic (exact) mass is 309 g/mol. The third-order valence-electron chi connectivity index (χ3n) is 3.24. The summed E-state index contributed by atoms with van der Waals surface area (Å²) in [6.45, 7) is 0.197. The summed E-state index contributed by atoms with van der Waals surface area (Å²) < 4.78 is 4.67. The van der Waals surface area contributed by atoms with Gasteiger partial charge in [-0.2, -0.15) is 5.26 Å². The van der Waals surface area contributed by atoms with Crippen molar-refractivity contribution in [3.05, 3.63) is 17.0 Å². The Morgan fingerprint density at radius 2 is 2.43 bits per heavy atom. The summed E-state index contributed by atoms with van der Waals surface area (Å²) in [5.74, 6) is -0.801. The van der Waals surface area contributed by atoms with E-state index in [9.17, 15) is 14.7 Å². The molecule has 1 fully saturated rings. The minimum Gasteiger partial charge on any atom is -0.468 e. The maximum Gasteiger partial charge on any atom is 0.323 e. The van der Waals surface area contributed by atoms with Crippen LogP contribution in [-0.4, -0.2) is 54.2 Å². The number of hydrogen-bond donors (Lipinski definition) is 2. The second-order valence-corrected chi connectivity index (χ2v) is 5.60. The van der Waals surface area contributed by atoms with E-state index in [-0.39, 0.29) is 25.4 Å². The Labute approximate surface area is 125 Å². The molecule has 2 rings (SSSR count). The van der Waals surface area contributed by atoms with Gasteiger partial charge in [-0.25, -0.2) is 0 Å². The molecule has 1 saturated heterocycles. The van der Waals surface area contributed by atoms with E-state index in [4.69, 9.17) is 5.26 Å². The van der Waals surface area contributed by atoms with Crippen molar-refractivity contribution in [2.45, 2.75) is 18.6 Å². The molecule has 0 saturated carbocycles. The zero-order valence-electron chi connectivity index (χ0n) is 11.4. The highest BCUT2D eigenvalue weighted by molar-refractivity contribution is 7.14. The van der Waals surface area contributed by atoms with Crippen molar-refractivity contribution in [3.63, 3.8) is 0 Å². The number of carbonyl (C=O) groups excluding carboxylic acids is 2. The molecule has 0 bridgehead atoms. The molecule has 1 aromatic heterocycles. The van der Waals surface area contributed by atoms with E-state index in [1.165, 1.54) is 18.4 Å². The number of likely N-dealkylation sites (tertiary alicyclic amines) is 1. The summed E-state index contributed by atoms with van der Waals surface area (Å²) in [4.78, 5) is 25.2. The number of ether oxygens (including phenoxy) is 1.